The molecular weight excluding hydrogens is 221 g/mol. The number of carboxylic acid groups (broad SMARTS) is 1. The number of nitrogens with one attached hydrogen (secondary N) is 1. The molecule has 0 spiro atoms. The molecule has 1 fully saturated rings. The van der Waals surface area contributed by atoms with Crippen LogP contribution < -0.4 is 5.32 Å². The quantitative estimate of drug-likeness (QED) is 0.843. The Hall–Kier alpha value is -1.42. The van der Waals surface area contributed by atoms with Crippen molar-refractivity contribution in [2.75, 3.05) is 0 Å². The Kier molecular flexibility index (Phi) is 3.74. The van der Waals surface area contributed by atoms with Gasteiger partial charge in [0.2, 0.25) is 0 Å². The number of hydrogen-bond acceptors (Lipinski definition) is 2. The summed E-state index contributed by atoms with van der Waals surface area (Å²) in [5.74, 6) is -1.26. The van der Waals surface area contributed by atoms with Gasteiger partial charge in [-0.25, -0.2) is 4.39 Å². The molecule has 17 heavy (non-hydrogen) atoms. The van der Waals surface area contributed by atoms with E-state index >= 15 is 0 Å². The number of rotatable bonds is 4. The molecule has 1 aromatic rings. The van der Waals surface area contributed by atoms with Crippen molar-refractivity contribution < 1.29 is 14.3 Å². The first-order valence-electron chi connectivity index (χ1n) is 5.87. The molecule has 2 rings (SSSR count). The minimum absolute atomic E-state index is 0.0394. The predicted molar refractivity (Wildman–Crippen MR) is 62.0 cm³/mol. The summed E-state index contributed by atoms with van der Waals surface area (Å²) in [6.45, 7) is 0.592. The van der Waals surface area contributed by atoms with Crippen molar-refractivity contribution in [3.05, 3.63) is 35.6 Å². The molecule has 1 aliphatic rings. The van der Waals surface area contributed by atoms with Crippen LogP contribution in [-0.4, -0.2) is 17.1 Å². The zero-order valence-corrected chi connectivity index (χ0v) is 9.53. The molecule has 0 aromatic heterocycles. The van der Waals surface area contributed by atoms with Crippen LogP contribution in [0.3, 0.4) is 0 Å². The highest BCUT2D eigenvalue weighted by Crippen LogP contribution is 2.26. The molecule has 1 aromatic carbocycles. The van der Waals surface area contributed by atoms with Crippen LogP contribution in [0, 0.1) is 11.7 Å². The lowest BCUT2D eigenvalue weighted by molar-refractivity contribution is -0.142. The van der Waals surface area contributed by atoms with E-state index in [0.29, 0.717) is 6.54 Å². The maximum absolute atomic E-state index is 12.7. The van der Waals surface area contributed by atoms with Crippen molar-refractivity contribution in [1.82, 2.24) is 5.32 Å². The van der Waals surface area contributed by atoms with Gasteiger partial charge in [0.25, 0.3) is 0 Å². The van der Waals surface area contributed by atoms with Gasteiger partial charge >= 0.3 is 5.97 Å². The number of hydrogen-bond donors (Lipinski definition) is 2. The Morgan fingerprint density at radius 1 is 1.35 bits per heavy atom. The SMILES string of the molecule is O=C(O)[C@H]1CCC[C@@H]1NCc1ccc(F)cc1. The number of aliphatic carboxylic acids is 1. The van der Waals surface area contributed by atoms with Crippen molar-refractivity contribution in [2.24, 2.45) is 5.92 Å². The first kappa shape index (κ1) is 12.0. The Morgan fingerprint density at radius 2 is 2.06 bits per heavy atom. The van der Waals surface area contributed by atoms with Crippen LogP contribution in [0.25, 0.3) is 0 Å². The third-order valence-corrected chi connectivity index (χ3v) is 3.31. The molecule has 0 radical (unpaired) electrons. The molecule has 0 aliphatic heterocycles. The molecule has 0 unspecified atom stereocenters. The lowest BCUT2D eigenvalue weighted by Crippen LogP contribution is -2.35. The number of carboxylic acids is 1. The highest BCUT2D eigenvalue weighted by molar-refractivity contribution is 5.71. The van der Waals surface area contributed by atoms with Gasteiger partial charge in [-0.2, -0.15) is 0 Å². The highest BCUT2D eigenvalue weighted by Gasteiger charge is 2.32. The summed E-state index contributed by atoms with van der Waals surface area (Å²) in [6, 6.07) is 6.30. The predicted octanol–water partition coefficient (Wildman–Crippen LogP) is 2.17. The summed E-state index contributed by atoms with van der Waals surface area (Å²) in [4.78, 5) is 11.0. The molecule has 2 N–H and O–H groups in total. The number of benzene rings is 1. The highest BCUT2D eigenvalue weighted by atomic mass is 19.1. The lowest BCUT2D eigenvalue weighted by atomic mass is 10.0. The van der Waals surface area contributed by atoms with Gasteiger partial charge < -0.3 is 10.4 Å². The van der Waals surface area contributed by atoms with Gasteiger partial charge in [-0.05, 0) is 30.5 Å². The first-order chi connectivity index (χ1) is 8.16. The van der Waals surface area contributed by atoms with Crippen LogP contribution in [0.15, 0.2) is 24.3 Å². The molecule has 2 atom stereocenters. The monoisotopic (exact) mass is 237 g/mol. The molecule has 0 amide bonds. The largest absolute Gasteiger partial charge is 0.481 e. The van der Waals surface area contributed by atoms with Crippen LogP contribution in [0.2, 0.25) is 0 Å². The summed E-state index contributed by atoms with van der Waals surface area (Å²) < 4.78 is 12.7. The van der Waals surface area contributed by atoms with Crippen LogP contribution in [-0.2, 0) is 11.3 Å². The van der Waals surface area contributed by atoms with E-state index in [0.717, 1.165) is 24.8 Å². The molecule has 0 bridgehead atoms. The van der Waals surface area contributed by atoms with E-state index in [1.807, 2.05) is 0 Å². The molecule has 4 heteroatoms. The van der Waals surface area contributed by atoms with Gasteiger partial charge in [0.05, 0.1) is 5.92 Å². The first-order valence-corrected chi connectivity index (χ1v) is 5.87. The minimum atomic E-state index is -0.723. The van der Waals surface area contributed by atoms with Crippen LogP contribution >= 0.6 is 0 Å². The normalized spacial score (nSPS) is 23.8. The molecule has 1 saturated carbocycles. The van der Waals surface area contributed by atoms with E-state index in [4.69, 9.17) is 5.11 Å². The summed E-state index contributed by atoms with van der Waals surface area (Å²) >= 11 is 0. The molecule has 0 heterocycles. The maximum atomic E-state index is 12.7. The fourth-order valence-electron chi connectivity index (χ4n) is 2.35. The van der Waals surface area contributed by atoms with Gasteiger partial charge in [-0.1, -0.05) is 18.6 Å². The second kappa shape index (κ2) is 5.27. The minimum Gasteiger partial charge on any atom is -0.481 e. The van der Waals surface area contributed by atoms with Crippen LogP contribution in [0.4, 0.5) is 4.39 Å². The van der Waals surface area contributed by atoms with Crippen LogP contribution in [0.1, 0.15) is 24.8 Å². The van der Waals surface area contributed by atoms with E-state index in [1.54, 1.807) is 12.1 Å². The summed E-state index contributed by atoms with van der Waals surface area (Å²) in [7, 11) is 0. The third kappa shape index (κ3) is 3.03. The maximum Gasteiger partial charge on any atom is 0.308 e. The number of carbonyl (C=O) groups is 1. The van der Waals surface area contributed by atoms with Crippen molar-refractivity contribution in [3.63, 3.8) is 0 Å². The Labute approximate surface area is 99.7 Å². The smallest absolute Gasteiger partial charge is 0.308 e. The van der Waals surface area contributed by atoms with E-state index < -0.39 is 5.97 Å². The second-order valence-corrected chi connectivity index (χ2v) is 4.49. The van der Waals surface area contributed by atoms with Crippen molar-refractivity contribution in [1.29, 1.82) is 0 Å². The van der Waals surface area contributed by atoms with E-state index in [1.165, 1.54) is 12.1 Å². The molecule has 1 aliphatic carbocycles. The van der Waals surface area contributed by atoms with Crippen molar-refractivity contribution in [2.45, 2.75) is 31.8 Å². The zero-order chi connectivity index (χ0) is 12.3. The average Bonchev–Trinajstić information content (AvgIpc) is 2.76. The summed E-state index contributed by atoms with van der Waals surface area (Å²) in [6.07, 6.45) is 2.60. The molecule has 0 saturated heterocycles. The van der Waals surface area contributed by atoms with E-state index in [-0.39, 0.29) is 17.8 Å². The van der Waals surface area contributed by atoms with Gasteiger partial charge in [-0.3, -0.25) is 4.79 Å². The Bertz CT molecular complexity index is 391. The number of halogens is 1. The van der Waals surface area contributed by atoms with Gasteiger partial charge in [0, 0.05) is 12.6 Å². The van der Waals surface area contributed by atoms with E-state index in [2.05, 4.69) is 5.32 Å². The lowest BCUT2D eigenvalue weighted by Gasteiger charge is -2.17. The molecular formula is C13H16FNO2. The van der Waals surface area contributed by atoms with Gasteiger partial charge in [-0.15, -0.1) is 0 Å². The average molecular weight is 237 g/mol. The topological polar surface area (TPSA) is 49.3 Å². The standard InChI is InChI=1S/C13H16FNO2/c14-10-6-4-9(5-7-10)8-15-12-3-1-2-11(12)13(16)17/h4-7,11-12,15H,1-3,8H2,(H,16,17)/t11-,12-/m0/s1. The van der Waals surface area contributed by atoms with Crippen LogP contribution in [0.5, 0.6) is 0 Å². The van der Waals surface area contributed by atoms with Crippen molar-refractivity contribution in [3.8, 4) is 0 Å². The fraction of sp³-hybridized carbons (Fsp3) is 0.462. The second-order valence-electron chi connectivity index (χ2n) is 4.49. The van der Waals surface area contributed by atoms with Crippen molar-refractivity contribution >= 4 is 5.97 Å². The van der Waals surface area contributed by atoms with Gasteiger partial charge in [0.1, 0.15) is 5.82 Å². The molecule has 3 nitrogen and oxygen atoms in total. The summed E-state index contributed by atoms with van der Waals surface area (Å²) in [5, 5.41) is 12.3. The zero-order valence-electron chi connectivity index (χ0n) is 9.53. The summed E-state index contributed by atoms with van der Waals surface area (Å²) in [5.41, 5.74) is 0.974. The Balaban J connectivity index is 1.89. The van der Waals surface area contributed by atoms with Gasteiger partial charge in [0.15, 0.2) is 0 Å². The fourth-order valence-corrected chi connectivity index (χ4v) is 2.35. The van der Waals surface area contributed by atoms with E-state index in [9.17, 15) is 9.18 Å². The third-order valence-electron chi connectivity index (χ3n) is 3.31. The Morgan fingerprint density at radius 3 is 2.71 bits per heavy atom. The molecule has 92 valence electrons.